The number of benzene rings is 2. The highest BCUT2D eigenvalue weighted by molar-refractivity contribution is 7.14. The van der Waals surface area contributed by atoms with Gasteiger partial charge in [0, 0.05) is 16.0 Å². The van der Waals surface area contributed by atoms with Crippen LogP contribution >= 0.6 is 22.9 Å². The summed E-state index contributed by atoms with van der Waals surface area (Å²) < 4.78 is 44.1. The Morgan fingerprint density at radius 1 is 1.21 bits per heavy atom. The van der Waals surface area contributed by atoms with Gasteiger partial charge in [-0.05, 0) is 37.3 Å². The molecule has 0 aliphatic heterocycles. The fourth-order valence-electron chi connectivity index (χ4n) is 2.42. The van der Waals surface area contributed by atoms with Gasteiger partial charge in [-0.1, -0.05) is 29.8 Å². The third kappa shape index (κ3) is 4.45. The molecule has 28 heavy (non-hydrogen) atoms. The van der Waals surface area contributed by atoms with Crippen molar-refractivity contribution in [1.29, 1.82) is 0 Å². The third-order valence-corrected chi connectivity index (χ3v) is 4.70. The van der Waals surface area contributed by atoms with E-state index in [1.807, 2.05) is 0 Å². The van der Waals surface area contributed by atoms with Crippen LogP contribution in [0.15, 0.2) is 53.9 Å². The number of alkyl halides is 3. The monoisotopic (exact) mass is 425 g/mol. The van der Waals surface area contributed by atoms with Gasteiger partial charge in [-0.2, -0.15) is 13.2 Å². The fourth-order valence-corrected chi connectivity index (χ4v) is 3.45. The highest BCUT2D eigenvalue weighted by atomic mass is 35.5. The Morgan fingerprint density at radius 3 is 2.64 bits per heavy atom. The molecule has 3 rings (SSSR count). The van der Waals surface area contributed by atoms with Crippen molar-refractivity contribution >= 4 is 39.8 Å². The van der Waals surface area contributed by atoms with Gasteiger partial charge in [0.05, 0.1) is 16.9 Å². The van der Waals surface area contributed by atoms with Gasteiger partial charge in [0.1, 0.15) is 6.61 Å². The molecule has 0 spiro atoms. The molecule has 0 aliphatic carbocycles. The normalized spacial score (nSPS) is 11.3. The second kappa shape index (κ2) is 8.20. The first kappa shape index (κ1) is 20.2. The number of hydrogen-bond acceptors (Lipinski definition) is 4. The number of anilines is 2. The Labute approximate surface area is 168 Å². The molecule has 0 fully saturated rings. The van der Waals surface area contributed by atoms with Gasteiger partial charge in [-0.15, -0.1) is 11.3 Å². The Kier molecular flexibility index (Phi) is 5.90. The lowest BCUT2D eigenvalue weighted by Gasteiger charge is -2.20. The Hall–Kier alpha value is -2.58. The minimum atomic E-state index is -4.54. The van der Waals surface area contributed by atoms with Crippen LogP contribution in [-0.2, 0) is 10.9 Å². The summed E-state index contributed by atoms with van der Waals surface area (Å²) in [5.41, 5.74) is 0.366. The lowest BCUT2D eigenvalue weighted by Crippen LogP contribution is -2.26. The van der Waals surface area contributed by atoms with E-state index in [2.05, 4.69) is 4.98 Å². The number of amides is 1. The molecule has 1 aromatic heterocycles. The van der Waals surface area contributed by atoms with Crippen LogP contribution in [0.3, 0.4) is 0 Å². The maximum atomic E-state index is 13.1. The quantitative estimate of drug-likeness (QED) is 0.454. The van der Waals surface area contributed by atoms with Gasteiger partial charge in [0.2, 0.25) is 0 Å². The van der Waals surface area contributed by atoms with Crippen LogP contribution in [0.2, 0.25) is 5.02 Å². The molecule has 2 aromatic carbocycles. The highest BCUT2D eigenvalue weighted by Gasteiger charge is 2.32. The van der Waals surface area contributed by atoms with E-state index in [0.717, 1.165) is 40.5 Å². The number of rotatable bonds is 4. The number of hydrogen-bond donors (Lipinski definition) is 0. The zero-order valence-electron chi connectivity index (χ0n) is 14.4. The number of thiazole rings is 1. The second-order valence-electron chi connectivity index (χ2n) is 5.53. The number of carbonyl (C=O) groups excluding carboxylic acids is 1. The van der Waals surface area contributed by atoms with Crippen molar-refractivity contribution in [3.05, 3.63) is 71.1 Å². The molecular weight excluding hydrogens is 413 g/mol. The molecule has 0 bridgehead atoms. The van der Waals surface area contributed by atoms with Gasteiger partial charge < -0.3 is 4.74 Å². The molecule has 9 heteroatoms. The minimum Gasteiger partial charge on any atom is -0.442 e. The summed E-state index contributed by atoms with van der Waals surface area (Å²) in [5.74, 6) is 0. The van der Waals surface area contributed by atoms with Gasteiger partial charge >= 0.3 is 12.3 Å². The molecule has 0 N–H and O–H groups in total. The molecule has 0 saturated carbocycles. The lowest BCUT2D eigenvalue weighted by atomic mass is 10.2. The number of nitrogens with zero attached hydrogens (tertiary/aromatic N) is 2. The smallest absolute Gasteiger partial charge is 0.421 e. The van der Waals surface area contributed by atoms with Crippen LogP contribution in [0.4, 0.5) is 28.8 Å². The molecule has 0 unspecified atom stereocenters. The minimum absolute atomic E-state index is 0.00586. The predicted molar refractivity (Wildman–Crippen MR) is 103 cm³/mol. The SMILES string of the molecule is C[CH]OC(=O)N(c1cccc(C(F)(F)F)c1)c1nc(-c2cccc(Cl)c2)cs1. The van der Waals surface area contributed by atoms with Crippen molar-refractivity contribution in [2.45, 2.75) is 13.1 Å². The van der Waals surface area contributed by atoms with Crippen molar-refractivity contribution < 1.29 is 22.7 Å². The van der Waals surface area contributed by atoms with Crippen molar-refractivity contribution in [1.82, 2.24) is 4.98 Å². The maximum absolute atomic E-state index is 13.1. The van der Waals surface area contributed by atoms with Gasteiger partial charge in [-0.3, -0.25) is 0 Å². The zero-order valence-corrected chi connectivity index (χ0v) is 16.0. The molecule has 1 amide bonds. The van der Waals surface area contributed by atoms with Crippen molar-refractivity contribution in [2.24, 2.45) is 0 Å². The summed E-state index contributed by atoms with van der Waals surface area (Å²) in [6.07, 6.45) is -5.41. The zero-order chi connectivity index (χ0) is 20.3. The van der Waals surface area contributed by atoms with Gasteiger partial charge in [0.15, 0.2) is 5.13 Å². The molecule has 0 saturated heterocycles. The summed E-state index contributed by atoms with van der Waals surface area (Å²) in [4.78, 5) is 17.8. The molecule has 3 aromatic rings. The van der Waals surface area contributed by atoms with Gasteiger partial charge in [-0.25, -0.2) is 14.7 Å². The van der Waals surface area contributed by atoms with E-state index in [0.29, 0.717) is 10.7 Å². The van der Waals surface area contributed by atoms with E-state index in [-0.39, 0.29) is 10.8 Å². The molecule has 0 aliphatic rings. The van der Waals surface area contributed by atoms with Crippen LogP contribution in [0.5, 0.6) is 0 Å². The number of carbonyl (C=O) groups is 1. The first-order valence-electron chi connectivity index (χ1n) is 7.97. The molecule has 0 atom stereocenters. The molecular formula is C19H13ClF3N2O2S. The van der Waals surface area contributed by atoms with Crippen LogP contribution in [0, 0.1) is 6.61 Å². The van der Waals surface area contributed by atoms with Gasteiger partial charge in [0.25, 0.3) is 0 Å². The first-order chi connectivity index (χ1) is 13.3. The van der Waals surface area contributed by atoms with Crippen molar-refractivity contribution in [3.63, 3.8) is 0 Å². The van der Waals surface area contributed by atoms with E-state index in [4.69, 9.17) is 16.3 Å². The van der Waals surface area contributed by atoms with Crippen LogP contribution in [0.1, 0.15) is 12.5 Å². The fraction of sp³-hybridized carbons (Fsp3) is 0.105. The molecule has 1 radical (unpaired) electrons. The number of ether oxygens (including phenoxy) is 1. The summed E-state index contributed by atoms with van der Waals surface area (Å²) in [5, 5.41) is 2.37. The maximum Gasteiger partial charge on any atom is 0.421 e. The summed E-state index contributed by atoms with van der Waals surface area (Å²) in [6, 6.07) is 11.4. The highest BCUT2D eigenvalue weighted by Crippen LogP contribution is 2.36. The average Bonchev–Trinajstić information content (AvgIpc) is 3.11. The summed E-state index contributed by atoms with van der Waals surface area (Å²) in [6.45, 7) is 2.63. The molecule has 4 nitrogen and oxygen atoms in total. The molecule has 145 valence electrons. The van der Waals surface area contributed by atoms with E-state index >= 15 is 0 Å². The summed E-state index contributed by atoms with van der Waals surface area (Å²) >= 11 is 7.09. The van der Waals surface area contributed by atoms with E-state index < -0.39 is 17.8 Å². The van der Waals surface area contributed by atoms with E-state index in [1.165, 1.54) is 19.1 Å². The van der Waals surface area contributed by atoms with E-state index in [1.54, 1.807) is 29.6 Å². The molecule has 1 heterocycles. The Bertz CT molecular complexity index is 991. The number of halogens is 4. The summed E-state index contributed by atoms with van der Waals surface area (Å²) in [7, 11) is 0. The first-order valence-corrected chi connectivity index (χ1v) is 9.22. The van der Waals surface area contributed by atoms with E-state index in [9.17, 15) is 18.0 Å². The third-order valence-electron chi connectivity index (χ3n) is 3.64. The van der Waals surface area contributed by atoms with Crippen molar-refractivity contribution in [3.8, 4) is 11.3 Å². The van der Waals surface area contributed by atoms with Crippen LogP contribution < -0.4 is 4.90 Å². The second-order valence-corrected chi connectivity index (χ2v) is 6.80. The van der Waals surface area contributed by atoms with Crippen LogP contribution in [-0.4, -0.2) is 11.1 Å². The Balaban J connectivity index is 2.04. The van der Waals surface area contributed by atoms with Crippen molar-refractivity contribution in [2.75, 3.05) is 4.90 Å². The topological polar surface area (TPSA) is 42.4 Å². The standard InChI is InChI=1S/C19H13ClF3N2O2S/c1-2-27-18(26)25(15-8-4-6-13(10-15)19(21,22)23)17-24-16(11-28-17)12-5-3-7-14(20)9-12/h2-11H,1H3. The predicted octanol–water partition coefficient (Wildman–Crippen LogP) is 6.94. The lowest BCUT2D eigenvalue weighted by molar-refractivity contribution is -0.137. The van der Waals surface area contributed by atoms with Crippen LogP contribution in [0.25, 0.3) is 11.3 Å². The largest absolute Gasteiger partial charge is 0.442 e. The average molecular weight is 426 g/mol. The Morgan fingerprint density at radius 2 is 1.96 bits per heavy atom. The number of aromatic nitrogens is 1.